The van der Waals surface area contributed by atoms with Gasteiger partial charge >= 0.3 is 0 Å². The van der Waals surface area contributed by atoms with Crippen molar-refractivity contribution in [3.8, 4) is 0 Å². The van der Waals surface area contributed by atoms with Crippen molar-refractivity contribution < 1.29 is 0 Å². The van der Waals surface area contributed by atoms with Crippen molar-refractivity contribution in [1.82, 2.24) is 0 Å². The van der Waals surface area contributed by atoms with Crippen LogP contribution in [0.1, 0.15) is 38.5 Å². The van der Waals surface area contributed by atoms with Crippen molar-refractivity contribution in [3.05, 3.63) is 0 Å². The van der Waals surface area contributed by atoms with Gasteiger partial charge < -0.3 is 0 Å². The van der Waals surface area contributed by atoms with Crippen LogP contribution in [0, 0.1) is 0 Å². The van der Waals surface area contributed by atoms with E-state index in [9.17, 15) is 0 Å². The van der Waals surface area contributed by atoms with Crippen LogP contribution in [0.3, 0.4) is 0 Å². The number of alkyl halides is 4. The highest BCUT2D eigenvalue weighted by Gasteiger charge is 1.99. The van der Waals surface area contributed by atoms with Crippen LogP contribution in [-0.4, -0.2) is 26.5 Å². The van der Waals surface area contributed by atoms with Crippen LogP contribution in [0.2, 0.25) is 24.2 Å². The first-order valence-corrected chi connectivity index (χ1v) is 13.1. The molecule has 0 nitrogen and oxygen atoms in total. The second-order valence-corrected chi connectivity index (χ2v) is 14.2. The zero-order chi connectivity index (χ0) is 13.6. The van der Waals surface area contributed by atoms with Crippen molar-refractivity contribution in [2.24, 2.45) is 0 Å². The molecule has 0 aromatic heterocycles. The topological polar surface area (TPSA) is 0 Å². The molecule has 0 bridgehead atoms. The third kappa shape index (κ3) is 18.4. The fourth-order valence-corrected chi connectivity index (χ4v) is 5.22. The summed E-state index contributed by atoms with van der Waals surface area (Å²) in [7, 11) is 2.38. The Bertz CT molecular complexity index is 150. The second kappa shape index (κ2) is 15.7. The van der Waals surface area contributed by atoms with Crippen molar-refractivity contribution in [2.75, 3.05) is 0 Å². The van der Waals surface area contributed by atoms with Crippen LogP contribution in [0.15, 0.2) is 0 Å². The molecule has 0 rings (SSSR count). The molecule has 0 aliphatic carbocycles. The van der Waals surface area contributed by atoms with E-state index in [0.29, 0.717) is 7.47 Å². The van der Waals surface area contributed by atoms with E-state index in [4.69, 9.17) is 0 Å². The molecule has 0 aliphatic rings. The summed E-state index contributed by atoms with van der Waals surface area (Å²) in [6.07, 6.45) is 8.16. The van der Waals surface area contributed by atoms with Crippen LogP contribution in [0.5, 0.6) is 0 Å². The van der Waals surface area contributed by atoms with E-state index in [1.54, 1.807) is 0 Å². The molecule has 0 atom stereocenters. The SMILES string of the molecule is BrC(Br)CCC[Si]CCCC[Si]CCCC(Br)Br. The predicted molar refractivity (Wildman–Crippen MR) is 102 cm³/mol. The molecule has 0 amide bonds. The minimum Gasteiger partial charge on any atom is -0.0765 e. The van der Waals surface area contributed by atoms with E-state index < -0.39 is 0 Å². The Morgan fingerprint density at radius 2 is 0.889 bits per heavy atom. The van der Waals surface area contributed by atoms with Gasteiger partial charge in [0, 0.05) is 19.0 Å². The Labute approximate surface area is 151 Å². The van der Waals surface area contributed by atoms with Crippen LogP contribution >= 0.6 is 63.7 Å². The highest BCUT2D eigenvalue weighted by molar-refractivity contribution is 9.25. The summed E-state index contributed by atoms with van der Waals surface area (Å²) in [6, 6.07) is 5.77. The molecule has 0 aromatic rings. The average Bonchev–Trinajstić information content (AvgIpc) is 2.29. The zero-order valence-corrected chi connectivity index (χ0v) is 19.1. The molecule has 0 fully saturated rings. The van der Waals surface area contributed by atoms with Gasteiger partial charge in [-0.25, -0.2) is 0 Å². The van der Waals surface area contributed by atoms with Crippen molar-refractivity contribution in [3.63, 3.8) is 0 Å². The van der Waals surface area contributed by atoms with Crippen LogP contribution < -0.4 is 0 Å². The molecule has 0 saturated carbocycles. The predicted octanol–water partition coefficient (Wildman–Crippen LogP) is 6.64. The highest BCUT2D eigenvalue weighted by Crippen LogP contribution is 2.17. The van der Waals surface area contributed by atoms with Gasteiger partial charge in [0.15, 0.2) is 0 Å². The summed E-state index contributed by atoms with van der Waals surface area (Å²) in [5, 5.41) is 0. The van der Waals surface area contributed by atoms with Crippen LogP contribution in [-0.2, 0) is 0 Å². The van der Waals surface area contributed by atoms with Gasteiger partial charge in [-0.05, 0) is 12.8 Å². The van der Waals surface area contributed by atoms with E-state index in [1.807, 2.05) is 0 Å². The van der Waals surface area contributed by atoms with Crippen molar-refractivity contribution >= 4 is 82.8 Å². The van der Waals surface area contributed by atoms with Gasteiger partial charge in [-0.1, -0.05) is 114 Å². The summed E-state index contributed by atoms with van der Waals surface area (Å²) in [6.45, 7) is 0. The smallest absolute Gasteiger partial charge is 0.0697 e. The molecule has 0 N–H and O–H groups in total. The zero-order valence-electron chi connectivity index (χ0n) is 10.7. The number of halogens is 4. The van der Waals surface area contributed by atoms with Gasteiger partial charge in [-0.15, -0.1) is 0 Å². The first-order valence-electron chi connectivity index (χ1n) is 6.60. The van der Waals surface area contributed by atoms with Crippen LogP contribution in [0.4, 0.5) is 0 Å². The molecule has 0 saturated heterocycles. The largest absolute Gasteiger partial charge is 0.0765 e. The maximum Gasteiger partial charge on any atom is 0.0697 e. The third-order valence-corrected chi connectivity index (χ3v) is 7.17. The molecule has 6 heteroatoms. The van der Waals surface area contributed by atoms with Gasteiger partial charge in [0.05, 0.1) is 7.47 Å². The monoisotopic (exact) mass is 538 g/mol. The molecule has 0 aromatic carbocycles. The Hall–Kier alpha value is 2.35. The van der Waals surface area contributed by atoms with Gasteiger partial charge in [-0.2, -0.15) is 0 Å². The quantitative estimate of drug-likeness (QED) is 0.139. The van der Waals surface area contributed by atoms with Gasteiger partial charge in [-0.3, -0.25) is 0 Å². The maximum absolute atomic E-state index is 3.52. The van der Waals surface area contributed by atoms with Gasteiger partial charge in [0.1, 0.15) is 0 Å². The lowest BCUT2D eigenvalue weighted by atomic mass is 10.4. The van der Waals surface area contributed by atoms with Crippen molar-refractivity contribution in [1.29, 1.82) is 0 Å². The van der Waals surface area contributed by atoms with Gasteiger partial charge in [0.2, 0.25) is 0 Å². The molecule has 18 heavy (non-hydrogen) atoms. The summed E-state index contributed by atoms with van der Waals surface area (Å²) in [5.41, 5.74) is 0. The fourth-order valence-electron chi connectivity index (χ4n) is 1.51. The summed E-state index contributed by atoms with van der Waals surface area (Å²) < 4.78 is 1.05. The lowest BCUT2D eigenvalue weighted by Crippen LogP contribution is -1.94. The summed E-state index contributed by atoms with van der Waals surface area (Å²) in [5.74, 6) is 0. The second-order valence-electron chi connectivity index (χ2n) is 4.27. The van der Waals surface area contributed by atoms with E-state index >= 15 is 0 Å². The molecule has 0 aliphatic heterocycles. The maximum atomic E-state index is 3.52. The lowest BCUT2D eigenvalue weighted by molar-refractivity contribution is 0.837. The minimum atomic E-state index is 0.523. The molecule has 4 radical (unpaired) electrons. The van der Waals surface area contributed by atoms with Crippen molar-refractivity contribution in [2.45, 2.75) is 70.2 Å². The Kier molecular flexibility index (Phi) is 17.8. The fraction of sp³-hybridized carbons (Fsp3) is 1.00. The molecule has 0 unspecified atom stereocenters. The molecular formula is C12H22Br4Si2. The van der Waals surface area contributed by atoms with E-state index in [1.165, 1.54) is 81.7 Å². The summed E-state index contributed by atoms with van der Waals surface area (Å²) in [4.78, 5) is 0. The number of hydrogen-bond acceptors (Lipinski definition) is 0. The average molecular weight is 542 g/mol. The lowest BCUT2D eigenvalue weighted by Gasteiger charge is -2.03. The normalized spacial score (nSPS) is 11.7. The molecule has 106 valence electrons. The third-order valence-electron chi connectivity index (χ3n) is 2.51. The number of unbranched alkanes of at least 4 members (excludes halogenated alkanes) is 1. The Morgan fingerprint density at radius 1 is 0.556 bits per heavy atom. The van der Waals surface area contributed by atoms with E-state index in [-0.39, 0.29) is 0 Å². The number of rotatable bonds is 13. The van der Waals surface area contributed by atoms with E-state index in [0.717, 1.165) is 0 Å². The molecule has 0 spiro atoms. The van der Waals surface area contributed by atoms with Gasteiger partial charge in [0.25, 0.3) is 0 Å². The first-order chi connectivity index (χ1) is 8.63. The Balaban J connectivity index is 2.95. The Morgan fingerprint density at radius 3 is 1.22 bits per heavy atom. The summed E-state index contributed by atoms with van der Waals surface area (Å²) >= 11 is 14.1. The van der Waals surface area contributed by atoms with E-state index in [2.05, 4.69) is 63.7 Å². The standard InChI is InChI=1S/C12H22Br4Si2/c13-11(14)5-3-9-17-7-1-2-8-18-10-4-6-12(15)16/h11-12H,1-10H2. The van der Waals surface area contributed by atoms with Crippen LogP contribution in [0.25, 0.3) is 0 Å². The minimum absolute atomic E-state index is 0.523. The first kappa shape index (κ1) is 20.4. The molecule has 0 heterocycles. The highest BCUT2D eigenvalue weighted by atomic mass is 79.9. The molecular weight excluding hydrogens is 520 g/mol. The number of hydrogen-bond donors (Lipinski definition) is 0.